The van der Waals surface area contributed by atoms with E-state index in [2.05, 4.69) is 12.2 Å². The van der Waals surface area contributed by atoms with Crippen molar-refractivity contribution in [1.29, 1.82) is 5.41 Å². The predicted octanol–water partition coefficient (Wildman–Crippen LogP) is 4.77. The van der Waals surface area contributed by atoms with E-state index in [0.717, 1.165) is 24.1 Å². The van der Waals surface area contributed by atoms with E-state index >= 15 is 0 Å². The lowest BCUT2D eigenvalue weighted by Gasteiger charge is -2.16. The van der Waals surface area contributed by atoms with Crippen molar-refractivity contribution in [3.63, 3.8) is 0 Å². The number of guanidine groups is 1. The lowest BCUT2D eigenvalue weighted by atomic mass is 9.92. The standard InChI is InChI=1S/C20H33N3O2/c1-2-3-4-5-6-7-8-9-13-17(19(24)25)15-16-12-10-11-14-18(16)23-20(21)22/h10-12,14,17H,2-9,13,15H2,1H3,(H,24,25)(H4,21,22,23). The van der Waals surface area contributed by atoms with Gasteiger partial charge in [-0.3, -0.25) is 10.2 Å². The Kier molecular flexibility index (Phi) is 10.4. The maximum absolute atomic E-state index is 11.6. The Morgan fingerprint density at radius 3 is 2.32 bits per heavy atom. The maximum atomic E-state index is 11.6. The molecule has 0 spiro atoms. The summed E-state index contributed by atoms with van der Waals surface area (Å²) in [5.74, 6) is -1.28. The summed E-state index contributed by atoms with van der Waals surface area (Å²) in [5.41, 5.74) is 7.01. The Bertz CT molecular complexity index is 531. The molecule has 1 aromatic carbocycles. The van der Waals surface area contributed by atoms with Gasteiger partial charge in [0.15, 0.2) is 5.96 Å². The molecule has 0 aliphatic carbocycles. The van der Waals surface area contributed by atoms with Gasteiger partial charge in [-0.1, -0.05) is 76.5 Å². The number of carboxylic acids is 1. The Morgan fingerprint density at radius 2 is 1.72 bits per heavy atom. The number of para-hydroxylation sites is 1. The molecule has 140 valence electrons. The third kappa shape index (κ3) is 9.13. The van der Waals surface area contributed by atoms with Crippen LogP contribution in [0.3, 0.4) is 0 Å². The molecule has 1 aromatic rings. The summed E-state index contributed by atoms with van der Waals surface area (Å²) in [6.45, 7) is 2.22. The Hall–Kier alpha value is -2.04. The Labute approximate surface area is 151 Å². The van der Waals surface area contributed by atoms with Crippen LogP contribution in [0.25, 0.3) is 0 Å². The highest BCUT2D eigenvalue weighted by atomic mass is 16.4. The molecule has 5 nitrogen and oxygen atoms in total. The van der Waals surface area contributed by atoms with Crippen LogP contribution in [0, 0.1) is 11.3 Å². The number of aliphatic carboxylic acids is 1. The highest BCUT2D eigenvalue weighted by Crippen LogP contribution is 2.22. The molecule has 25 heavy (non-hydrogen) atoms. The summed E-state index contributed by atoms with van der Waals surface area (Å²) in [7, 11) is 0. The number of rotatable bonds is 13. The zero-order valence-electron chi connectivity index (χ0n) is 15.4. The van der Waals surface area contributed by atoms with Crippen LogP contribution in [0.5, 0.6) is 0 Å². The van der Waals surface area contributed by atoms with E-state index in [-0.39, 0.29) is 5.96 Å². The molecule has 0 aliphatic heterocycles. The molecule has 0 bridgehead atoms. The van der Waals surface area contributed by atoms with Crippen molar-refractivity contribution in [3.05, 3.63) is 29.8 Å². The molecular formula is C20H33N3O2. The smallest absolute Gasteiger partial charge is 0.306 e. The van der Waals surface area contributed by atoms with Gasteiger partial charge >= 0.3 is 5.97 Å². The molecule has 5 N–H and O–H groups in total. The summed E-state index contributed by atoms with van der Waals surface area (Å²) >= 11 is 0. The molecule has 0 radical (unpaired) electrons. The average Bonchev–Trinajstić information content (AvgIpc) is 2.57. The van der Waals surface area contributed by atoms with E-state index in [9.17, 15) is 9.90 Å². The molecule has 1 unspecified atom stereocenters. The van der Waals surface area contributed by atoms with Crippen molar-refractivity contribution in [2.24, 2.45) is 11.7 Å². The van der Waals surface area contributed by atoms with Crippen molar-refractivity contribution in [2.45, 2.75) is 71.1 Å². The fraction of sp³-hybridized carbons (Fsp3) is 0.600. The van der Waals surface area contributed by atoms with E-state index in [1.165, 1.54) is 38.5 Å². The number of anilines is 1. The van der Waals surface area contributed by atoms with Crippen molar-refractivity contribution in [3.8, 4) is 0 Å². The molecule has 5 heteroatoms. The zero-order chi connectivity index (χ0) is 18.5. The van der Waals surface area contributed by atoms with Crippen LogP contribution < -0.4 is 11.1 Å². The lowest BCUT2D eigenvalue weighted by molar-refractivity contribution is -0.142. The van der Waals surface area contributed by atoms with Gasteiger partial charge in [-0.15, -0.1) is 0 Å². The van der Waals surface area contributed by atoms with E-state index in [1.807, 2.05) is 24.3 Å². The van der Waals surface area contributed by atoms with Crippen LogP contribution in [0.4, 0.5) is 5.69 Å². The molecule has 0 aromatic heterocycles. The molecule has 1 rings (SSSR count). The topological polar surface area (TPSA) is 99.2 Å². The monoisotopic (exact) mass is 347 g/mol. The van der Waals surface area contributed by atoms with Gasteiger partial charge in [-0.2, -0.15) is 0 Å². The highest BCUT2D eigenvalue weighted by molar-refractivity contribution is 5.90. The lowest BCUT2D eigenvalue weighted by Crippen LogP contribution is -2.22. The van der Waals surface area contributed by atoms with Gasteiger partial charge in [0.25, 0.3) is 0 Å². The van der Waals surface area contributed by atoms with E-state index in [0.29, 0.717) is 12.8 Å². The molecule has 0 amide bonds. The number of carboxylic acid groups (broad SMARTS) is 1. The second-order valence-corrected chi connectivity index (χ2v) is 6.70. The molecule has 0 saturated heterocycles. The third-order valence-electron chi connectivity index (χ3n) is 4.51. The van der Waals surface area contributed by atoms with Gasteiger partial charge in [-0.05, 0) is 24.5 Å². The average molecular weight is 348 g/mol. The number of carbonyl (C=O) groups is 1. The van der Waals surface area contributed by atoms with Crippen molar-refractivity contribution in [2.75, 3.05) is 5.32 Å². The molecule has 0 aliphatic rings. The van der Waals surface area contributed by atoms with Gasteiger partial charge in [0.2, 0.25) is 0 Å². The van der Waals surface area contributed by atoms with E-state index in [4.69, 9.17) is 11.1 Å². The summed E-state index contributed by atoms with van der Waals surface area (Å²) in [6, 6.07) is 7.46. The molecule has 0 heterocycles. The molecule has 1 atom stereocenters. The number of benzene rings is 1. The highest BCUT2D eigenvalue weighted by Gasteiger charge is 2.19. The first-order valence-corrected chi connectivity index (χ1v) is 9.46. The van der Waals surface area contributed by atoms with Gasteiger partial charge in [0, 0.05) is 5.69 Å². The summed E-state index contributed by atoms with van der Waals surface area (Å²) in [6.07, 6.45) is 10.8. The van der Waals surface area contributed by atoms with Crippen molar-refractivity contribution >= 4 is 17.6 Å². The Morgan fingerprint density at radius 1 is 1.12 bits per heavy atom. The summed E-state index contributed by atoms with van der Waals surface area (Å²) < 4.78 is 0. The SMILES string of the molecule is CCCCCCCCCCC(Cc1ccccc1NC(=N)N)C(=O)O. The number of nitrogens with one attached hydrogen (secondary N) is 2. The zero-order valence-corrected chi connectivity index (χ0v) is 15.4. The first-order chi connectivity index (χ1) is 12.0. The van der Waals surface area contributed by atoms with Crippen LogP contribution in [-0.4, -0.2) is 17.0 Å². The third-order valence-corrected chi connectivity index (χ3v) is 4.51. The molecular weight excluding hydrogens is 314 g/mol. The van der Waals surface area contributed by atoms with Gasteiger partial charge in [0.05, 0.1) is 5.92 Å². The minimum atomic E-state index is -0.749. The van der Waals surface area contributed by atoms with Crippen LogP contribution in [0.15, 0.2) is 24.3 Å². The first-order valence-electron chi connectivity index (χ1n) is 9.46. The van der Waals surface area contributed by atoms with Crippen molar-refractivity contribution < 1.29 is 9.90 Å². The number of nitrogens with two attached hydrogens (primary N) is 1. The summed E-state index contributed by atoms with van der Waals surface area (Å²) in [4.78, 5) is 11.6. The predicted molar refractivity (Wildman–Crippen MR) is 104 cm³/mol. The molecule has 0 saturated carbocycles. The Balaban J connectivity index is 2.42. The van der Waals surface area contributed by atoms with Crippen LogP contribution in [-0.2, 0) is 11.2 Å². The van der Waals surface area contributed by atoms with Crippen LogP contribution in [0.1, 0.15) is 70.3 Å². The van der Waals surface area contributed by atoms with Crippen LogP contribution >= 0.6 is 0 Å². The van der Waals surface area contributed by atoms with Crippen molar-refractivity contribution in [1.82, 2.24) is 0 Å². The minimum Gasteiger partial charge on any atom is -0.481 e. The van der Waals surface area contributed by atoms with E-state index in [1.54, 1.807) is 0 Å². The van der Waals surface area contributed by atoms with Crippen LogP contribution in [0.2, 0.25) is 0 Å². The fourth-order valence-electron chi connectivity index (χ4n) is 3.07. The summed E-state index contributed by atoms with van der Waals surface area (Å²) in [5, 5.41) is 19.7. The van der Waals surface area contributed by atoms with Gasteiger partial charge in [0.1, 0.15) is 0 Å². The maximum Gasteiger partial charge on any atom is 0.306 e. The quantitative estimate of drug-likeness (QED) is 0.235. The normalized spacial score (nSPS) is 11.9. The second kappa shape index (κ2) is 12.3. The number of unbranched alkanes of at least 4 members (excludes halogenated alkanes) is 7. The first kappa shape index (κ1) is 21.0. The fourth-order valence-corrected chi connectivity index (χ4v) is 3.07. The number of hydrogen-bond donors (Lipinski definition) is 4. The second-order valence-electron chi connectivity index (χ2n) is 6.70. The number of hydrogen-bond acceptors (Lipinski definition) is 2. The largest absolute Gasteiger partial charge is 0.481 e. The molecule has 0 fully saturated rings. The van der Waals surface area contributed by atoms with Gasteiger partial charge < -0.3 is 16.2 Å². The van der Waals surface area contributed by atoms with E-state index < -0.39 is 11.9 Å². The van der Waals surface area contributed by atoms with Gasteiger partial charge in [-0.25, -0.2) is 0 Å². The minimum absolute atomic E-state index is 0.137.